The van der Waals surface area contributed by atoms with E-state index >= 15 is 0 Å². The van der Waals surface area contributed by atoms with Crippen LogP contribution in [0.4, 0.5) is 11.4 Å². The summed E-state index contributed by atoms with van der Waals surface area (Å²) in [5.41, 5.74) is 2.47. The third kappa shape index (κ3) is 2.85. The molecule has 124 valence electrons. The fourth-order valence-electron chi connectivity index (χ4n) is 2.65. The van der Waals surface area contributed by atoms with Crippen LogP contribution in [0.15, 0.2) is 59.7 Å². The summed E-state index contributed by atoms with van der Waals surface area (Å²) in [6, 6.07) is 17.5. The van der Waals surface area contributed by atoms with Crippen LogP contribution in [0.3, 0.4) is 0 Å². The SMILES string of the molecule is Cc1ccc(N2N=C(C(=O)Nc3ccccc3)N(C)C2(C)C)cc1. The number of para-hydroxylation sites is 1. The third-order valence-electron chi connectivity index (χ3n) is 4.36. The molecule has 3 rings (SSSR count). The maximum absolute atomic E-state index is 12.6. The van der Waals surface area contributed by atoms with Gasteiger partial charge in [-0.05, 0) is 45.0 Å². The van der Waals surface area contributed by atoms with E-state index in [9.17, 15) is 4.79 Å². The summed E-state index contributed by atoms with van der Waals surface area (Å²) in [7, 11) is 1.89. The Kier molecular flexibility index (Phi) is 4.01. The standard InChI is InChI=1S/C19H22N4O/c1-14-10-12-16(13-11-14)23-19(2,3)22(4)17(21-23)18(24)20-15-8-6-5-7-9-15/h5-13H,1-4H3,(H,20,24). The minimum absolute atomic E-state index is 0.216. The van der Waals surface area contributed by atoms with Crippen LogP contribution < -0.4 is 10.3 Å². The molecular weight excluding hydrogens is 300 g/mol. The minimum atomic E-state index is -0.432. The Labute approximate surface area is 142 Å². The lowest BCUT2D eigenvalue weighted by Crippen LogP contribution is -2.51. The normalized spacial score (nSPS) is 16.1. The summed E-state index contributed by atoms with van der Waals surface area (Å²) in [5, 5.41) is 9.36. The monoisotopic (exact) mass is 322 g/mol. The number of rotatable bonds is 3. The molecule has 1 amide bonds. The first-order valence-electron chi connectivity index (χ1n) is 7.95. The van der Waals surface area contributed by atoms with Crippen LogP contribution in [0.1, 0.15) is 19.4 Å². The molecule has 1 aliphatic rings. The van der Waals surface area contributed by atoms with Gasteiger partial charge in [0.1, 0.15) is 5.66 Å². The van der Waals surface area contributed by atoms with Gasteiger partial charge >= 0.3 is 0 Å². The molecule has 0 radical (unpaired) electrons. The molecule has 5 heteroatoms. The van der Waals surface area contributed by atoms with Gasteiger partial charge in [-0.15, -0.1) is 5.10 Å². The Hall–Kier alpha value is -2.82. The lowest BCUT2D eigenvalue weighted by Gasteiger charge is -2.36. The van der Waals surface area contributed by atoms with Crippen molar-refractivity contribution in [3.63, 3.8) is 0 Å². The number of aryl methyl sites for hydroxylation is 1. The highest BCUT2D eigenvalue weighted by atomic mass is 16.2. The van der Waals surface area contributed by atoms with Crippen LogP contribution in [-0.4, -0.2) is 29.4 Å². The van der Waals surface area contributed by atoms with Crippen LogP contribution in [0.25, 0.3) is 0 Å². The number of nitrogens with zero attached hydrogens (tertiary/aromatic N) is 3. The van der Waals surface area contributed by atoms with E-state index in [1.807, 2.05) is 92.3 Å². The maximum Gasteiger partial charge on any atom is 0.293 e. The molecule has 0 unspecified atom stereocenters. The largest absolute Gasteiger partial charge is 0.329 e. The number of benzene rings is 2. The zero-order valence-corrected chi connectivity index (χ0v) is 14.4. The predicted octanol–water partition coefficient (Wildman–Crippen LogP) is 3.44. The van der Waals surface area contributed by atoms with Gasteiger partial charge in [-0.3, -0.25) is 4.79 Å². The average Bonchev–Trinajstić information content (AvgIpc) is 2.80. The Morgan fingerprint density at radius 1 is 1.04 bits per heavy atom. The summed E-state index contributed by atoms with van der Waals surface area (Å²) < 4.78 is 0. The topological polar surface area (TPSA) is 47.9 Å². The lowest BCUT2D eigenvalue weighted by molar-refractivity contribution is -0.111. The Bertz CT molecular complexity index is 766. The van der Waals surface area contributed by atoms with Gasteiger partial charge in [0, 0.05) is 12.7 Å². The third-order valence-corrected chi connectivity index (χ3v) is 4.36. The number of carbonyl (C=O) groups excluding carboxylic acids is 1. The number of amides is 1. The number of anilines is 2. The highest BCUT2D eigenvalue weighted by molar-refractivity contribution is 6.42. The van der Waals surface area contributed by atoms with Crippen LogP contribution in [0.2, 0.25) is 0 Å². The Morgan fingerprint density at radius 3 is 2.29 bits per heavy atom. The highest BCUT2D eigenvalue weighted by Gasteiger charge is 2.42. The van der Waals surface area contributed by atoms with Crippen molar-refractivity contribution in [3.05, 3.63) is 60.2 Å². The van der Waals surface area contributed by atoms with E-state index < -0.39 is 5.66 Å². The smallest absolute Gasteiger partial charge is 0.293 e. The number of nitrogens with one attached hydrogen (secondary N) is 1. The van der Waals surface area contributed by atoms with Gasteiger partial charge in [-0.2, -0.15) is 0 Å². The second kappa shape index (κ2) is 6.00. The lowest BCUT2D eigenvalue weighted by atomic mass is 10.1. The summed E-state index contributed by atoms with van der Waals surface area (Å²) >= 11 is 0. The molecule has 0 fully saturated rings. The second-order valence-corrected chi connectivity index (χ2v) is 6.44. The van der Waals surface area contributed by atoms with E-state index in [-0.39, 0.29) is 5.91 Å². The van der Waals surface area contributed by atoms with Crippen molar-refractivity contribution in [2.75, 3.05) is 17.4 Å². The van der Waals surface area contributed by atoms with Gasteiger partial charge in [0.15, 0.2) is 0 Å². The van der Waals surface area contributed by atoms with Crippen molar-refractivity contribution in [3.8, 4) is 0 Å². The van der Waals surface area contributed by atoms with Crippen molar-refractivity contribution in [1.82, 2.24) is 4.90 Å². The molecule has 1 aliphatic heterocycles. The summed E-state index contributed by atoms with van der Waals surface area (Å²) in [4.78, 5) is 14.5. The van der Waals surface area contributed by atoms with Crippen molar-refractivity contribution in [2.45, 2.75) is 26.4 Å². The molecule has 0 spiro atoms. The molecular formula is C19H22N4O. The van der Waals surface area contributed by atoms with Crippen molar-refractivity contribution >= 4 is 23.1 Å². The molecule has 5 nitrogen and oxygen atoms in total. The number of likely N-dealkylation sites (N-methyl/N-ethyl adjacent to an activating group) is 1. The van der Waals surface area contributed by atoms with Crippen molar-refractivity contribution in [1.29, 1.82) is 0 Å². The van der Waals surface area contributed by atoms with Gasteiger partial charge in [0.05, 0.1) is 5.69 Å². The van der Waals surface area contributed by atoms with Crippen LogP contribution in [-0.2, 0) is 4.79 Å². The molecule has 0 aliphatic carbocycles. The zero-order valence-electron chi connectivity index (χ0n) is 14.4. The number of carbonyl (C=O) groups is 1. The molecule has 1 N–H and O–H groups in total. The zero-order chi connectivity index (χ0) is 17.3. The van der Waals surface area contributed by atoms with Gasteiger partial charge in [-0.25, -0.2) is 5.01 Å². The van der Waals surface area contributed by atoms with E-state index in [1.54, 1.807) is 0 Å². The fourth-order valence-corrected chi connectivity index (χ4v) is 2.65. The van der Waals surface area contributed by atoms with Crippen LogP contribution in [0, 0.1) is 6.92 Å². The summed E-state index contributed by atoms with van der Waals surface area (Å²) in [6.07, 6.45) is 0. The van der Waals surface area contributed by atoms with Crippen molar-refractivity contribution in [2.24, 2.45) is 5.10 Å². The first kappa shape index (κ1) is 16.1. The minimum Gasteiger partial charge on any atom is -0.329 e. The van der Waals surface area contributed by atoms with Crippen molar-refractivity contribution < 1.29 is 4.79 Å². The quantitative estimate of drug-likeness (QED) is 0.942. The molecule has 0 aromatic heterocycles. The average molecular weight is 322 g/mol. The molecule has 2 aromatic rings. The molecule has 2 aromatic carbocycles. The molecule has 0 atom stereocenters. The highest BCUT2D eigenvalue weighted by Crippen LogP contribution is 2.32. The number of hydrazone groups is 1. The number of hydrogen-bond donors (Lipinski definition) is 1. The summed E-state index contributed by atoms with van der Waals surface area (Å²) in [5.74, 6) is 0.177. The van der Waals surface area contributed by atoms with E-state index in [4.69, 9.17) is 0 Å². The van der Waals surface area contributed by atoms with E-state index in [0.717, 1.165) is 11.4 Å². The van der Waals surface area contributed by atoms with Gasteiger partial charge < -0.3 is 10.2 Å². The summed E-state index contributed by atoms with van der Waals surface area (Å²) in [6.45, 7) is 6.13. The van der Waals surface area contributed by atoms with E-state index in [0.29, 0.717) is 5.84 Å². The predicted molar refractivity (Wildman–Crippen MR) is 98.0 cm³/mol. The van der Waals surface area contributed by atoms with Gasteiger partial charge in [-0.1, -0.05) is 35.9 Å². The maximum atomic E-state index is 12.6. The molecule has 0 saturated carbocycles. The first-order chi connectivity index (χ1) is 11.4. The van der Waals surface area contributed by atoms with Crippen LogP contribution in [0.5, 0.6) is 0 Å². The molecule has 1 heterocycles. The number of hydrogen-bond acceptors (Lipinski definition) is 4. The molecule has 24 heavy (non-hydrogen) atoms. The van der Waals surface area contributed by atoms with Gasteiger partial charge in [0.25, 0.3) is 5.91 Å². The Morgan fingerprint density at radius 2 is 1.67 bits per heavy atom. The molecule has 0 saturated heterocycles. The first-order valence-corrected chi connectivity index (χ1v) is 7.95. The van der Waals surface area contributed by atoms with E-state index in [1.165, 1.54) is 5.56 Å². The number of amidine groups is 1. The van der Waals surface area contributed by atoms with Gasteiger partial charge in [0.2, 0.25) is 5.84 Å². The van der Waals surface area contributed by atoms with E-state index in [2.05, 4.69) is 10.4 Å². The Balaban J connectivity index is 1.89. The fraction of sp³-hybridized carbons (Fsp3) is 0.263. The second-order valence-electron chi connectivity index (χ2n) is 6.44. The van der Waals surface area contributed by atoms with Crippen LogP contribution >= 0.6 is 0 Å². The molecule has 0 bridgehead atoms.